The summed E-state index contributed by atoms with van der Waals surface area (Å²) in [4.78, 5) is 29.8. The molecule has 0 aliphatic carbocycles. The van der Waals surface area contributed by atoms with E-state index in [-0.39, 0.29) is 29.3 Å². The summed E-state index contributed by atoms with van der Waals surface area (Å²) in [5, 5.41) is 2.98. The van der Waals surface area contributed by atoms with E-state index in [1.54, 1.807) is 42.5 Å². The molecule has 0 spiro atoms. The third kappa shape index (κ3) is 8.69. The fraction of sp³-hybridized carbons (Fsp3) is 0.257. The normalized spacial score (nSPS) is 12.2. The Morgan fingerprint density at radius 3 is 2.00 bits per heavy atom. The van der Waals surface area contributed by atoms with Crippen LogP contribution in [0.15, 0.2) is 114 Å². The smallest absolute Gasteiger partial charge is 0.264 e. The molecule has 0 radical (unpaired) electrons. The van der Waals surface area contributed by atoms with Crippen molar-refractivity contribution in [2.45, 2.75) is 50.2 Å². The molecule has 4 aromatic rings. The molecule has 4 aromatic carbocycles. The molecule has 0 bridgehead atoms. The van der Waals surface area contributed by atoms with E-state index < -0.39 is 45.8 Å². The van der Waals surface area contributed by atoms with E-state index in [9.17, 15) is 22.4 Å². The molecule has 236 valence electrons. The number of halogens is 1. The maximum absolute atomic E-state index is 14.5. The zero-order chi connectivity index (χ0) is 32.6. The summed E-state index contributed by atoms with van der Waals surface area (Å²) in [5.74, 6) is -1.23. The van der Waals surface area contributed by atoms with Gasteiger partial charge in [0.05, 0.1) is 17.7 Å². The van der Waals surface area contributed by atoms with Crippen molar-refractivity contribution in [2.24, 2.45) is 0 Å². The van der Waals surface area contributed by atoms with Gasteiger partial charge in [0.25, 0.3) is 10.0 Å². The number of nitrogens with one attached hydrogen (secondary N) is 1. The van der Waals surface area contributed by atoms with E-state index in [0.29, 0.717) is 5.56 Å². The molecule has 0 aromatic heterocycles. The highest BCUT2D eigenvalue weighted by atomic mass is 32.2. The molecule has 0 saturated carbocycles. The van der Waals surface area contributed by atoms with Crippen LogP contribution in [-0.4, -0.2) is 50.4 Å². The largest absolute Gasteiger partial charge is 0.495 e. The average molecular weight is 632 g/mol. The number of carbonyl (C=O) groups is 2. The molecule has 45 heavy (non-hydrogen) atoms. The molecule has 2 amide bonds. The Bertz CT molecular complexity index is 1690. The summed E-state index contributed by atoms with van der Waals surface area (Å²) in [7, 11) is -2.85. The van der Waals surface area contributed by atoms with Gasteiger partial charge in [0, 0.05) is 18.5 Å². The lowest BCUT2D eigenvalue weighted by molar-refractivity contribution is -0.140. The Balaban J connectivity index is 1.83. The first-order chi connectivity index (χ1) is 21.4. The fourth-order valence-electron chi connectivity index (χ4n) is 4.86. The first-order valence-corrected chi connectivity index (χ1v) is 15.9. The van der Waals surface area contributed by atoms with Crippen molar-refractivity contribution in [3.05, 3.63) is 126 Å². The molecule has 8 nitrogen and oxygen atoms in total. The number of anilines is 1. The minimum absolute atomic E-state index is 0.0138. The minimum Gasteiger partial charge on any atom is -0.495 e. The number of hydrogen-bond donors (Lipinski definition) is 1. The highest BCUT2D eigenvalue weighted by Crippen LogP contribution is 2.32. The van der Waals surface area contributed by atoms with Crippen LogP contribution in [0.1, 0.15) is 31.9 Å². The Morgan fingerprint density at radius 1 is 0.822 bits per heavy atom. The van der Waals surface area contributed by atoms with Crippen molar-refractivity contribution in [3.8, 4) is 5.75 Å². The lowest BCUT2D eigenvalue weighted by Crippen LogP contribution is -2.56. The topological polar surface area (TPSA) is 96.0 Å². The molecule has 0 heterocycles. The molecule has 4 rings (SSSR count). The van der Waals surface area contributed by atoms with Crippen LogP contribution < -0.4 is 14.4 Å². The number of amides is 2. The Kier molecular flexibility index (Phi) is 10.6. The minimum atomic E-state index is -4.27. The molecule has 1 atom stereocenters. The third-order valence-electron chi connectivity index (χ3n) is 7.00. The molecule has 1 N–H and O–H groups in total. The zero-order valence-corrected chi connectivity index (χ0v) is 26.6. The maximum Gasteiger partial charge on any atom is 0.264 e. The van der Waals surface area contributed by atoms with Gasteiger partial charge in [-0.1, -0.05) is 72.8 Å². The van der Waals surface area contributed by atoms with Gasteiger partial charge in [-0.3, -0.25) is 13.9 Å². The molecular weight excluding hydrogens is 593 g/mol. The van der Waals surface area contributed by atoms with Crippen LogP contribution in [0.25, 0.3) is 0 Å². The van der Waals surface area contributed by atoms with Crippen LogP contribution in [0.4, 0.5) is 10.1 Å². The number of hydrogen-bond acceptors (Lipinski definition) is 5. The second kappa shape index (κ2) is 14.4. The van der Waals surface area contributed by atoms with E-state index in [4.69, 9.17) is 4.74 Å². The summed E-state index contributed by atoms with van der Waals surface area (Å²) in [6.07, 6.45) is 0.162. The van der Waals surface area contributed by atoms with Crippen LogP contribution in [0, 0.1) is 5.82 Å². The molecule has 0 aliphatic rings. The molecule has 0 aliphatic heterocycles. The summed E-state index contributed by atoms with van der Waals surface area (Å²) in [5.41, 5.74) is 0.928. The van der Waals surface area contributed by atoms with Crippen molar-refractivity contribution < 1.29 is 27.1 Å². The zero-order valence-electron chi connectivity index (χ0n) is 25.8. The number of para-hydroxylation sites is 2. The summed E-state index contributed by atoms with van der Waals surface area (Å²) in [6, 6.07) is 28.2. The first-order valence-electron chi connectivity index (χ1n) is 14.5. The lowest BCUT2D eigenvalue weighted by Gasteiger charge is -2.35. The van der Waals surface area contributed by atoms with E-state index >= 15 is 0 Å². The highest BCUT2D eigenvalue weighted by Gasteiger charge is 2.36. The van der Waals surface area contributed by atoms with Crippen molar-refractivity contribution in [1.29, 1.82) is 0 Å². The number of rotatable bonds is 12. The monoisotopic (exact) mass is 631 g/mol. The second-order valence-corrected chi connectivity index (χ2v) is 13.5. The van der Waals surface area contributed by atoms with Crippen LogP contribution >= 0.6 is 0 Å². The highest BCUT2D eigenvalue weighted by molar-refractivity contribution is 7.92. The lowest BCUT2D eigenvalue weighted by atomic mass is 10.0. The van der Waals surface area contributed by atoms with Gasteiger partial charge in [0.1, 0.15) is 24.2 Å². The Morgan fingerprint density at radius 2 is 1.40 bits per heavy atom. The number of carbonyl (C=O) groups excluding carboxylic acids is 2. The Labute approximate surface area is 264 Å². The van der Waals surface area contributed by atoms with Crippen molar-refractivity contribution >= 4 is 27.5 Å². The molecular formula is C35H38FN3O5S. The predicted octanol–water partition coefficient (Wildman–Crippen LogP) is 5.58. The third-order valence-corrected chi connectivity index (χ3v) is 8.77. The van der Waals surface area contributed by atoms with Gasteiger partial charge >= 0.3 is 0 Å². The van der Waals surface area contributed by atoms with E-state index in [1.807, 2.05) is 51.1 Å². The first kappa shape index (κ1) is 33.2. The van der Waals surface area contributed by atoms with Gasteiger partial charge in [0.2, 0.25) is 11.8 Å². The number of sulfonamides is 1. The van der Waals surface area contributed by atoms with Gasteiger partial charge in [-0.15, -0.1) is 0 Å². The molecule has 0 fully saturated rings. The number of methoxy groups -OCH3 is 1. The van der Waals surface area contributed by atoms with E-state index in [2.05, 4.69) is 5.32 Å². The average Bonchev–Trinajstić information content (AvgIpc) is 3.02. The standard InChI is InChI=1S/C35H38FN3O5S/c1-35(2,3)37-34(41)31(23-26-13-7-5-8-14-26)38(24-27-19-21-28(36)22-20-27)33(40)25-39(30-17-11-12-18-32(30)44-4)45(42,43)29-15-9-6-10-16-29/h5-22,31H,23-25H2,1-4H3,(H,37,41). The number of benzene rings is 4. The van der Waals surface area contributed by atoms with Crippen LogP contribution in [0.2, 0.25) is 0 Å². The maximum atomic E-state index is 14.5. The quantitative estimate of drug-likeness (QED) is 0.220. The number of nitrogens with zero attached hydrogens (tertiary/aromatic N) is 2. The van der Waals surface area contributed by atoms with Gasteiger partial charge in [-0.05, 0) is 68.3 Å². The summed E-state index contributed by atoms with van der Waals surface area (Å²) >= 11 is 0. The molecule has 0 saturated heterocycles. The van der Waals surface area contributed by atoms with Gasteiger partial charge < -0.3 is 15.0 Å². The molecule has 1 unspecified atom stereocenters. The SMILES string of the molecule is COc1ccccc1N(CC(=O)N(Cc1ccc(F)cc1)C(Cc1ccccc1)C(=O)NC(C)(C)C)S(=O)(=O)c1ccccc1. The van der Waals surface area contributed by atoms with Crippen molar-refractivity contribution in [1.82, 2.24) is 10.2 Å². The van der Waals surface area contributed by atoms with Crippen molar-refractivity contribution in [2.75, 3.05) is 18.0 Å². The van der Waals surface area contributed by atoms with Crippen LogP contribution in [0.3, 0.4) is 0 Å². The molecule has 10 heteroatoms. The predicted molar refractivity (Wildman–Crippen MR) is 173 cm³/mol. The van der Waals surface area contributed by atoms with Crippen LogP contribution in [-0.2, 0) is 32.6 Å². The van der Waals surface area contributed by atoms with E-state index in [0.717, 1.165) is 9.87 Å². The van der Waals surface area contributed by atoms with Gasteiger partial charge in [0.15, 0.2) is 0 Å². The van der Waals surface area contributed by atoms with E-state index in [1.165, 1.54) is 48.4 Å². The van der Waals surface area contributed by atoms with Crippen molar-refractivity contribution in [3.63, 3.8) is 0 Å². The van der Waals surface area contributed by atoms with Crippen LogP contribution in [0.5, 0.6) is 5.75 Å². The second-order valence-electron chi connectivity index (χ2n) is 11.6. The van der Waals surface area contributed by atoms with Gasteiger partial charge in [-0.25, -0.2) is 12.8 Å². The Hall–Kier alpha value is -4.70. The summed E-state index contributed by atoms with van der Waals surface area (Å²) in [6.45, 7) is 4.82. The fourth-order valence-corrected chi connectivity index (χ4v) is 6.31. The summed E-state index contributed by atoms with van der Waals surface area (Å²) < 4.78 is 48.6. The number of ether oxygens (including phenoxy) is 1. The van der Waals surface area contributed by atoms with Gasteiger partial charge in [-0.2, -0.15) is 0 Å².